The first kappa shape index (κ1) is 13.8. The molecule has 8 heteroatoms. The molecule has 0 N–H and O–H groups in total. The fourth-order valence-electron chi connectivity index (χ4n) is 1.94. The molecular formula is C14H11N3O5. The van der Waals surface area contributed by atoms with Gasteiger partial charge in [-0.2, -0.15) is 5.16 Å². The zero-order valence-electron chi connectivity index (χ0n) is 11.8. The maximum absolute atomic E-state index is 11.8. The summed E-state index contributed by atoms with van der Waals surface area (Å²) in [5.74, 6) is -0.632. The molecular weight excluding hydrogens is 290 g/mol. The van der Waals surface area contributed by atoms with E-state index in [0.717, 1.165) is 0 Å². The Bertz CT molecular complexity index is 770. The molecule has 1 aliphatic heterocycles. The first-order valence-electron chi connectivity index (χ1n) is 6.31. The third-order valence-corrected chi connectivity index (χ3v) is 3.12. The number of hydrogen-bond donors (Lipinski definition) is 0. The summed E-state index contributed by atoms with van der Waals surface area (Å²) in [5.41, 5.74) is 1.24. The molecule has 3 rings (SSSR count). The van der Waals surface area contributed by atoms with Gasteiger partial charge in [0.1, 0.15) is 5.75 Å². The van der Waals surface area contributed by atoms with Gasteiger partial charge in [-0.25, -0.2) is 4.79 Å². The fraction of sp³-hybridized carbons (Fsp3) is 0.143. The Morgan fingerprint density at radius 1 is 1.32 bits per heavy atom. The van der Waals surface area contributed by atoms with E-state index in [1.54, 1.807) is 38.3 Å². The number of rotatable bonds is 3. The molecule has 0 saturated heterocycles. The average Bonchev–Trinajstić information content (AvgIpc) is 3.05. The number of methoxy groups -OCH3 is 1. The SMILES string of the molecule is COc1ccc([N+]2=NOC(=O)/C2=C\c2c(C)noc2[O-])cc1. The quantitative estimate of drug-likeness (QED) is 0.631. The summed E-state index contributed by atoms with van der Waals surface area (Å²) in [4.78, 5) is 16.5. The van der Waals surface area contributed by atoms with Gasteiger partial charge < -0.3 is 14.4 Å². The summed E-state index contributed by atoms with van der Waals surface area (Å²) in [6.07, 6.45) is 1.34. The summed E-state index contributed by atoms with van der Waals surface area (Å²) >= 11 is 0. The van der Waals surface area contributed by atoms with E-state index in [1.165, 1.54) is 10.8 Å². The molecule has 0 amide bonds. The van der Waals surface area contributed by atoms with Gasteiger partial charge in [0.05, 0.1) is 18.8 Å². The Balaban J connectivity index is 2.02. The molecule has 2 heterocycles. The second kappa shape index (κ2) is 5.32. The molecule has 0 unspecified atom stereocenters. The second-order valence-electron chi connectivity index (χ2n) is 4.47. The molecule has 8 nitrogen and oxygen atoms in total. The molecule has 1 aromatic heterocycles. The molecule has 0 aliphatic carbocycles. The van der Waals surface area contributed by atoms with Crippen molar-refractivity contribution in [2.24, 2.45) is 5.28 Å². The Morgan fingerprint density at radius 3 is 2.64 bits per heavy atom. The van der Waals surface area contributed by atoms with Crippen LogP contribution in [0.3, 0.4) is 0 Å². The Hall–Kier alpha value is -3.16. The molecule has 22 heavy (non-hydrogen) atoms. The van der Waals surface area contributed by atoms with Gasteiger partial charge in [0.15, 0.2) is 0 Å². The molecule has 0 radical (unpaired) electrons. The highest BCUT2D eigenvalue weighted by atomic mass is 16.7. The summed E-state index contributed by atoms with van der Waals surface area (Å²) < 4.78 is 10.9. The lowest BCUT2D eigenvalue weighted by atomic mass is 10.2. The number of aryl methyl sites for hydroxylation is 1. The summed E-state index contributed by atoms with van der Waals surface area (Å²) in [6, 6.07) is 6.84. The number of hydrogen-bond acceptors (Lipinski definition) is 7. The number of nitrogens with zero attached hydrogens (tertiary/aromatic N) is 3. The van der Waals surface area contributed by atoms with Crippen molar-refractivity contribution >= 4 is 17.7 Å². The minimum absolute atomic E-state index is 0.0913. The number of aromatic nitrogens is 1. The van der Waals surface area contributed by atoms with E-state index in [9.17, 15) is 9.90 Å². The van der Waals surface area contributed by atoms with Crippen LogP contribution in [0, 0.1) is 6.92 Å². The van der Waals surface area contributed by atoms with E-state index in [0.29, 0.717) is 17.1 Å². The Morgan fingerprint density at radius 2 is 2.05 bits per heavy atom. The van der Waals surface area contributed by atoms with Crippen LogP contribution in [0.1, 0.15) is 11.3 Å². The summed E-state index contributed by atoms with van der Waals surface area (Å²) in [6.45, 7) is 1.60. The number of benzene rings is 1. The van der Waals surface area contributed by atoms with Crippen LogP contribution in [0.2, 0.25) is 0 Å². The molecule has 1 aliphatic rings. The van der Waals surface area contributed by atoms with Crippen molar-refractivity contribution in [3.8, 4) is 11.7 Å². The minimum atomic E-state index is -0.671. The highest BCUT2D eigenvalue weighted by molar-refractivity contribution is 5.92. The van der Waals surface area contributed by atoms with Crippen molar-refractivity contribution in [2.75, 3.05) is 7.11 Å². The van der Waals surface area contributed by atoms with E-state index in [2.05, 4.69) is 19.8 Å². The van der Waals surface area contributed by atoms with E-state index >= 15 is 0 Å². The lowest BCUT2D eigenvalue weighted by Crippen LogP contribution is -2.05. The van der Waals surface area contributed by atoms with Crippen LogP contribution in [0.5, 0.6) is 11.7 Å². The van der Waals surface area contributed by atoms with Crippen molar-refractivity contribution < 1.29 is 28.7 Å². The predicted molar refractivity (Wildman–Crippen MR) is 70.1 cm³/mol. The van der Waals surface area contributed by atoms with Gasteiger partial charge in [-0.1, -0.05) is 0 Å². The highest BCUT2D eigenvalue weighted by Crippen LogP contribution is 2.28. The maximum atomic E-state index is 11.8. The lowest BCUT2D eigenvalue weighted by molar-refractivity contribution is -0.462. The number of carbonyl (C=O) groups excluding carboxylic acids is 1. The lowest BCUT2D eigenvalue weighted by Gasteiger charge is -1.98. The first-order chi connectivity index (χ1) is 10.6. The molecule has 112 valence electrons. The van der Waals surface area contributed by atoms with Crippen molar-refractivity contribution in [3.63, 3.8) is 0 Å². The van der Waals surface area contributed by atoms with Gasteiger partial charge in [0.25, 0.3) is 0 Å². The van der Waals surface area contributed by atoms with Crippen LogP contribution in [0.15, 0.2) is 39.8 Å². The van der Waals surface area contributed by atoms with Crippen LogP contribution in [-0.4, -0.2) is 22.9 Å². The van der Waals surface area contributed by atoms with E-state index in [4.69, 9.17) is 4.74 Å². The standard InChI is InChI=1S/C14H11N3O5/c1-8-11(13(18)21-15-8)7-12-14(19)22-16-17(12)9-3-5-10(20-2)6-4-9/h3-7H,1-2H3. The summed E-state index contributed by atoms with van der Waals surface area (Å²) in [5, 5.41) is 18.8. The molecule has 0 spiro atoms. The molecule has 0 bridgehead atoms. The fourth-order valence-corrected chi connectivity index (χ4v) is 1.94. The molecule has 0 fully saturated rings. The predicted octanol–water partition coefficient (Wildman–Crippen LogP) is 1.67. The molecule has 2 aromatic rings. The van der Waals surface area contributed by atoms with Crippen LogP contribution in [0.25, 0.3) is 6.08 Å². The van der Waals surface area contributed by atoms with Gasteiger partial charge in [-0.3, -0.25) is 4.84 Å². The van der Waals surface area contributed by atoms with Gasteiger partial charge in [-0.15, -0.1) is 0 Å². The van der Waals surface area contributed by atoms with Crippen LogP contribution >= 0.6 is 0 Å². The van der Waals surface area contributed by atoms with Crippen LogP contribution < -0.4 is 9.84 Å². The minimum Gasteiger partial charge on any atom is -0.544 e. The molecule has 1 aromatic carbocycles. The molecule has 0 saturated carbocycles. The Labute approximate surface area is 124 Å². The Kier molecular flexibility index (Phi) is 3.34. The monoisotopic (exact) mass is 301 g/mol. The average molecular weight is 301 g/mol. The van der Waals surface area contributed by atoms with E-state index in [-0.39, 0.29) is 11.3 Å². The number of carbonyl (C=O) groups is 1. The zero-order valence-corrected chi connectivity index (χ0v) is 11.8. The van der Waals surface area contributed by atoms with Crippen LogP contribution in [-0.2, 0) is 9.63 Å². The van der Waals surface area contributed by atoms with Crippen LogP contribution in [0.4, 0.5) is 5.69 Å². The number of ether oxygens (including phenoxy) is 1. The van der Waals surface area contributed by atoms with Gasteiger partial charge in [0.2, 0.25) is 11.0 Å². The van der Waals surface area contributed by atoms with Gasteiger partial charge >= 0.3 is 11.7 Å². The van der Waals surface area contributed by atoms with Crippen molar-refractivity contribution in [1.82, 2.24) is 5.16 Å². The second-order valence-corrected chi connectivity index (χ2v) is 4.47. The maximum Gasteiger partial charge on any atom is 0.437 e. The first-order valence-corrected chi connectivity index (χ1v) is 6.31. The third kappa shape index (κ3) is 2.30. The van der Waals surface area contributed by atoms with Gasteiger partial charge in [-0.05, 0) is 23.8 Å². The normalized spacial score (nSPS) is 15.8. The third-order valence-electron chi connectivity index (χ3n) is 3.12. The zero-order chi connectivity index (χ0) is 15.7. The highest BCUT2D eigenvalue weighted by Gasteiger charge is 2.36. The van der Waals surface area contributed by atoms with Crippen molar-refractivity contribution in [2.45, 2.75) is 6.92 Å². The smallest absolute Gasteiger partial charge is 0.437 e. The largest absolute Gasteiger partial charge is 0.544 e. The summed E-state index contributed by atoms with van der Waals surface area (Å²) in [7, 11) is 1.55. The molecule has 0 atom stereocenters. The van der Waals surface area contributed by atoms with E-state index < -0.39 is 11.9 Å². The van der Waals surface area contributed by atoms with Crippen molar-refractivity contribution in [1.29, 1.82) is 0 Å². The topological polar surface area (TPSA) is 100.0 Å². The van der Waals surface area contributed by atoms with Crippen molar-refractivity contribution in [3.05, 3.63) is 41.2 Å². The van der Waals surface area contributed by atoms with Gasteiger partial charge in [0, 0.05) is 23.8 Å². The van der Waals surface area contributed by atoms with E-state index in [1.807, 2.05) is 0 Å².